The fraction of sp³-hybridized carbons (Fsp3) is 0.188. The molecule has 0 bridgehead atoms. The number of anilines is 1. The summed E-state index contributed by atoms with van der Waals surface area (Å²) in [4.78, 5) is 12.1. The normalized spacial score (nSPS) is 10.2. The number of carbonyl (C=O) groups excluding carboxylic acids is 1. The van der Waals surface area contributed by atoms with Gasteiger partial charge in [0.15, 0.2) is 0 Å². The van der Waals surface area contributed by atoms with Crippen LogP contribution in [0.2, 0.25) is 0 Å². The van der Waals surface area contributed by atoms with Gasteiger partial charge in [-0.1, -0.05) is 0 Å². The van der Waals surface area contributed by atoms with E-state index in [1.807, 2.05) is 13.8 Å². The lowest BCUT2D eigenvalue weighted by Gasteiger charge is -2.09. The van der Waals surface area contributed by atoms with Crippen molar-refractivity contribution >= 4 is 11.6 Å². The van der Waals surface area contributed by atoms with E-state index in [1.165, 1.54) is 24.3 Å². The molecule has 0 aliphatic carbocycles. The second-order valence-electron chi connectivity index (χ2n) is 4.37. The predicted octanol–water partition coefficient (Wildman–Crippen LogP) is 3.79. The quantitative estimate of drug-likeness (QED) is 0.920. The summed E-state index contributed by atoms with van der Waals surface area (Å²) in [6.45, 7) is 4.39. The van der Waals surface area contributed by atoms with Gasteiger partial charge in [-0.25, -0.2) is 4.39 Å². The third-order valence-electron chi connectivity index (χ3n) is 2.84. The van der Waals surface area contributed by atoms with E-state index in [0.717, 1.165) is 11.3 Å². The van der Waals surface area contributed by atoms with Crippen LogP contribution in [-0.4, -0.2) is 12.5 Å². The fourth-order valence-corrected chi connectivity index (χ4v) is 1.84. The number of benzene rings is 2. The highest BCUT2D eigenvalue weighted by Crippen LogP contribution is 2.20. The van der Waals surface area contributed by atoms with Gasteiger partial charge in [-0.2, -0.15) is 0 Å². The summed E-state index contributed by atoms with van der Waals surface area (Å²) in [7, 11) is 0. The van der Waals surface area contributed by atoms with Gasteiger partial charge in [0.2, 0.25) is 0 Å². The van der Waals surface area contributed by atoms with Gasteiger partial charge in [-0.05, 0) is 61.9 Å². The van der Waals surface area contributed by atoms with Crippen molar-refractivity contribution in [2.75, 3.05) is 11.9 Å². The van der Waals surface area contributed by atoms with Gasteiger partial charge in [0.1, 0.15) is 11.6 Å². The van der Waals surface area contributed by atoms with Gasteiger partial charge in [0.05, 0.1) is 6.61 Å². The molecule has 1 N–H and O–H groups in total. The second-order valence-corrected chi connectivity index (χ2v) is 4.37. The van der Waals surface area contributed by atoms with Crippen molar-refractivity contribution < 1.29 is 13.9 Å². The summed E-state index contributed by atoms with van der Waals surface area (Å²) >= 11 is 0. The van der Waals surface area contributed by atoms with Gasteiger partial charge < -0.3 is 10.1 Å². The fourth-order valence-electron chi connectivity index (χ4n) is 1.84. The summed E-state index contributed by atoms with van der Waals surface area (Å²) in [5.41, 5.74) is 2.00. The number of rotatable bonds is 4. The zero-order valence-corrected chi connectivity index (χ0v) is 11.4. The van der Waals surface area contributed by atoms with Crippen LogP contribution in [0.25, 0.3) is 0 Å². The van der Waals surface area contributed by atoms with E-state index in [2.05, 4.69) is 5.32 Å². The highest BCUT2D eigenvalue weighted by atomic mass is 19.1. The third-order valence-corrected chi connectivity index (χ3v) is 2.84. The van der Waals surface area contributed by atoms with Crippen molar-refractivity contribution in [2.45, 2.75) is 13.8 Å². The molecule has 0 heterocycles. The van der Waals surface area contributed by atoms with Gasteiger partial charge in [-0.15, -0.1) is 0 Å². The van der Waals surface area contributed by atoms with Crippen LogP contribution in [0.15, 0.2) is 42.5 Å². The molecular weight excluding hydrogens is 257 g/mol. The van der Waals surface area contributed by atoms with E-state index >= 15 is 0 Å². The molecule has 0 spiro atoms. The lowest BCUT2D eigenvalue weighted by Crippen LogP contribution is -2.12. The molecule has 0 aliphatic rings. The largest absolute Gasteiger partial charge is 0.494 e. The Bertz CT molecular complexity index is 608. The van der Waals surface area contributed by atoms with Crippen LogP contribution in [0.1, 0.15) is 22.8 Å². The molecule has 2 rings (SSSR count). The number of aryl methyl sites for hydroxylation is 1. The van der Waals surface area contributed by atoms with Crippen molar-refractivity contribution in [2.24, 2.45) is 0 Å². The number of amides is 1. The molecule has 0 atom stereocenters. The molecule has 2 aromatic rings. The number of carbonyl (C=O) groups is 1. The number of nitrogens with one attached hydrogen (secondary N) is 1. The van der Waals surface area contributed by atoms with Crippen molar-refractivity contribution in [1.29, 1.82) is 0 Å². The predicted molar refractivity (Wildman–Crippen MR) is 76.7 cm³/mol. The molecular formula is C16H16FNO2. The van der Waals surface area contributed by atoms with Crippen LogP contribution in [0.5, 0.6) is 5.75 Å². The smallest absolute Gasteiger partial charge is 0.255 e. The molecule has 0 unspecified atom stereocenters. The average molecular weight is 273 g/mol. The Hall–Kier alpha value is -2.36. The molecule has 2 aromatic carbocycles. The highest BCUT2D eigenvalue weighted by molar-refractivity contribution is 6.04. The zero-order chi connectivity index (χ0) is 14.5. The van der Waals surface area contributed by atoms with E-state index in [-0.39, 0.29) is 11.7 Å². The maximum Gasteiger partial charge on any atom is 0.255 e. The first-order valence-corrected chi connectivity index (χ1v) is 6.40. The van der Waals surface area contributed by atoms with Gasteiger partial charge in [0, 0.05) is 11.3 Å². The first-order valence-electron chi connectivity index (χ1n) is 6.40. The van der Waals surface area contributed by atoms with Crippen LogP contribution in [0, 0.1) is 12.7 Å². The van der Waals surface area contributed by atoms with Crippen molar-refractivity contribution in [3.8, 4) is 5.75 Å². The van der Waals surface area contributed by atoms with Crippen LogP contribution in [0.3, 0.4) is 0 Å². The SMILES string of the molecule is CCOc1ccc(C(=O)Nc2ccc(F)cc2)cc1C. The Morgan fingerprint density at radius 2 is 1.90 bits per heavy atom. The minimum Gasteiger partial charge on any atom is -0.494 e. The highest BCUT2D eigenvalue weighted by Gasteiger charge is 2.08. The van der Waals surface area contributed by atoms with Crippen LogP contribution >= 0.6 is 0 Å². The first kappa shape index (κ1) is 14.1. The first-order chi connectivity index (χ1) is 9.60. The van der Waals surface area contributed by atoms with Crippen molar-refractivity contribution in [3.63, 3.8) is 0 Å². The van der Waals surface area contributed by atoms with Gasteiger partial charge in [-0.3, -0.25) is 4.79 Å². The molecule has 0 radical (unpaired) electrons. The Kier molecular flexibility index (Phi) is 4.35. The minimum absolute atomic E-state index is 0.234. The molecule has 0 aliphatic heterocycles. The maximum absolute atomic E-state index is 12.8. The summed E-state index contributed by atoms with van der Waals surface area (Å²) < 4.78 is 18.2. The van der Waals surface area contributed by atoms with Crippen LogP contribution in [-0.2, 0) is 0 Å². The van der Waals surface area contributed by atoms with Gasteiger partial charge in [0.25, 0.3) is 5.91 Å². The van der Waals surface area contributed by atoms with Crippen LogP contribution < -0.4 is 10.1 Å². The van der Waals surface area contributed by atoms with E-state index < -0.39 is 0 Å². The molecule has 3 nitrogen and oxygen atoms in total. The molecule has 20 heavy (non-hydrogen) atoms. The number of halogens is 1. The minimum atomic E-state index is -0.333. The standard InChI is InChI=1S/C16H16FNO2/c1-3-20-15-9-4-12(10-11(15)2)16(19)18-14-7-5-13(17)6-8-14/h4-10H,3H2,1-2H3,(H,18,19). The monoisotopic (exact) mass is 273 g/mol. The molecule has 0 fully saturated rings. The molecule has 4 heteroatoms. The lowest BCUT2D eigenvalue weighted by atomic mass is 10.1. The Morgan fingerprint density at radius 3 is 2.50 bits per heavy atom. The average Bonchev–Trinajstić information content (AvgIpc) is 2.44. The van der Waals surface area contributed by atoms with Crippen molar-refractivity contribution in [3.05, 3.63) is 59.4 Å². The number of hydrogen-bond acceptors (Lipinski definition) is 2. The third kappa shape index (κ3) is 3.35. The van der Waals surface area contributed by atoms with E-state index in [9.17, 15) is 9.18 Å². The van der Waals surface area contributed by atoms with Gasteiger partial charge >= 0.3 is 0 Å². The Labute approximate surface area is 117 Å². The number of ether oxygens (including phenoxy) is 1. The second kappa shape index (κ2) is 6.19. The van der Waals surface area contributed by atoms with E-state index in [1.54, 1.807) is 18.2 Å². The molecule has 1 amide bonds. The van der Waals surface area contributed by atoms with Crippen LogP contribution in [0.4, 0.5) is 10.1 Å². The molecule has 104 valence electrons. The number of hydrogen-bond donors (Lipinski definition) is 1. The van der Waals surface area contributed by atoms with E-state index in [0.29, 0.717) is 17.9 Å². The Balaban J connectivity index is 2.13. The summed E-state index contributed by atoms with van der Waals surface area (Å²) in [5.74, 6) is 0.202. The van der Waals surface area contributed by atoms with Crippen molar-refractivity contribution in [1.82, 2.24) is 0 Å². The van der Waals surface area contributed by atoms with E-state index in [4.69, 9.17) is 4.74 Å². The summed E-state index contributed by atoms with van der Waals surface area (Å²) in [6, 6.07) is 10.9. The molecule has 0 aromatic heterocycles. The molecule has 0 saturated heterocycles. The molecule has 0 saturated carbocycles. The summed E-state index contributed by atoms with van der Waals surface area (Å²) in [6.07, 6.45) is 0. The summed E-state index contributed by atoms with van der Waals surface area (Å²) in [5, 5.41) is 2.72. The zero-order valence-electron chi connectivity index (χ0n) is 11.4. The lowest BCUT2D eigenvalue weighted by molar-refractivity contribution is 0.102. The maximum atomic E-state index is 12.8. The topological polar surface area (TPSA) is 38.3 Å². The Morgan fingerprint density at radius 1 is 1.20 bits per heavy atom.